The van der Waals surface area contributed by atoms with Crippen LogP contribution < -0.4 is 5.73 Å². The third-order valence-electron chi connectivity index (χ3n) is 3.25. The molecule has 3 aromatic rings. The summed E-state index contributed by atoms with van der Waals surface area (Å²) in [6, 6.07) is 15.9. The molecule has 0 aliphatic rings. The number of rotatable bonds is 2. The lowest BCUT2D eigenvalue weighted by Gasteiger charge is -2.07. The quantitative estimate of drug-likeness (QED) is 0.737. The number of aryl methyl sites for hydroxylation is 1. The van der Waals surface area contributed by atoms with Crippen molar-refractivity contribution >= 4 is 17.4 Å². The summed E-state index contributed by atoms with van der Waals surface area (Å²) in [6.07, 6.45) is 0. The van der Waals surface area contributed by atoms with Gasteiger partial charge in [-0.1, -0.05) is 54.1 Å². The summed E-state index contributed by atoms with van der Waals surface area (Å²) < 4.78 is 0. The average molecular weight is 284 g/mol. The first kappa shape index (κ1) is 12.8. The number of hydrogen-bond donors (Lipinski definition) is 2. The van der Waals surface area contributed by atoms with Crippen LogP contribution in [0.4, 0.5) is 5.82 Å². The summed E-state index contributed by atoms with van der Waals surface area (Å²) in [6.45, 7) is 2.01. The maximum atomic E-state index is 6.34. The molecule has 0 spiro atoms. The second-order valence-electron chi connectivity index (χ2n) is 4.71. The molecular formula is C16H14ClN3. The van der Waals surface area contributed by atoms with Gasteiger partial charge in [0.25, 0.3) is 0 Å². The Morgan fingerprint density at radius 3 is 2.55 bits per heavy atom. The van der Waals surface area contributed by atoms with Crippen molar-refractivity contribution in [3.05, 3.63) is 59.1 Å². The van der Waals surface area contributed by atoms with E-state index in [9.17, 15) is 0 Å². The Kier molecular flexibility index (Phi) is 3.20. The zero-order valence-corrected chi connectivity index (χ0v) is 11.8. The monoisotopic (exact) mass is 283 g/mol. The van der Waals surface area contributed by atoms with Gasteiger partial charge >= 0.3 is 0 Å². The molecule has 0 saturated heterocycles. The van der Waals surface area contributed by atoms with Crippen molar-refractivity contribution < 1.29 is 0 Å². The molecule has 0 aliphatic heterocycles. The van der Waals surface area contributed by atoms with E-state index in [1.165, 1.54) is 0 Å². The van der Waals surface area contributed by atoms with Crippen molar-refractivity contribution in [2.45, 2.75) is 6.92 Å². The van der Waals surface area contributed by atoms with E-state index in [4.69, 9.17) is 17.3 Å². The second-order valence-corrected chi connectivity index (χ2v) is 5.12. The van der Waals surface area contributed by atoms with Crippen LogP contribution in [0.1, 0.15) is 5.56 Å². The molecule has 0 bridgehead atoms. The third kappa shape index (κ3) is 2.17. The van der Waals surface area contributed by atoms with Gasteiger partial charge in [0.2, 0.25) is 0 Å². The molecule has 2 aromatic carbocycles. The number of halogens is 1. The molecule has 0 saturated carbocycles. The van der Waals surface area contributed by atoms with Gasteiger partial charge in [-0.05, 0) is 24.1 Å². The first-order valence-electron chi connectivity index (χ1n) is 6.32. The Bertz CT molecular complexity index is 748. The standard InChI is InChI=1S/C16H14ClN3/c1-10-7-8-12(13(17)9-10)15-14(16(18)20-19-15)11-5-3-2-4-6-11/h2-9H,1H3,(H3,18,19,20). The van der Waals surface area contributed by atoms with E-state index in [0.29, 0.717) is 10.8 Å². The fourth-order valence-electron chi connectivity index (χ4n) is 2.27. The number of H-pyrrole nitrogens is 1. The lowest BCUT2D eigenvalue weighted by Crippen LogP contribution is -1.89. The van der Waals surface area contributed by atoms with Crippen LogP contribution in [-0.4, -0.2) is 10.2 Å². The van der Waals surface area contributed by atoms with Crippen molar-refractivity contribution in [2.24, 2.45) is 0 Å². The van der Waals surface area contributed by atoms with Crippen molar-refractivity contribution in [3.8, 4) is 22.4 Å². The van der Waals surface area contributed by atoms with Gasteiger partial charge in [-0.3, -0.25) is 5.10 Å². The molecule has 0 amide bonds. The van der Waals surface area contributed by atoms with Crippen molar-refractivity contribution in [2.75, 3.05) is 5.73 Å². The minimum absolute atomic E-state index is 0.475. The molecule has 0 fully saturated rings. The first-order valence-corrected chi connectivity index (χ1v) is 6.70. The zero-order chi connectivity index (χ0) is 14.1. The van der Waals surface area contributed by atoms with E-state index in [1.807, 2.05) is 55.5 Å². The number of hydrogen-bond acceptors (Lipinski definition) is 2. The molecule has 1 aromatic heterocycles. The number of nitrogens with two attached hydrogens (primary N) is 1. The molecule has 0 radical (unpaired) electrons. The van der Waals surface area contributed by atoms with Crippen LogP contribution in [-0.2, 0) is 0 Å². The maximum Gasteiger partial charge on any atom is 0.153 e. The predicted molar refractivity (Wildman–Crippen MR) is 83.6 cm³/mol. The van der Waals surface area contributed by atoms with Crippen LogP contribution in [0, 0.1) is 6.92 Å². The van der Waals surface area contributed by atoms with Crippen molar-refractivity contribution in [1.29, 1.82) is 0 Å². The summed E-state index contributed by atoms with van der Waals surface area (Å²) in [5.41, 5.74) is 10.8. The summed E-state index contributed by atoms with van der Waals surface area (Å²) in [7, 11) is 0. The minimum atomic E-state index is 0.475. The molecule has 0 aliphatic carbocycles. The average Bonchev–Trinajstić information content (AvgIpc) is 2.81. The highest BCUT2D eigenvalue weighted by Gasteiger charge is 2.16. The van der Waals surface area contributed by atoms with E-state index in [0.717, 1.165) is 27.9 Å². The lowest BCUT2D eigenvalue weighted by molar-refractivity contribution is 1.10. The van der Waals surface area contributed by atoms with Gasteiger partial charge in [-0.15, -0.1) is 0 Å². The number of benzene rings is 2. The lowest BCUT2D eigenvalue weighted by atomic mass is 10.0. The molecule has 3 rings (SSSR count). The van der Waals surface area contributed by atoms with Crippen LogP contribution in [0.15, 0.2) is 48.5 Å². The molecule has 3 N–H and O–H groups in total. The Hall–Kier alpha value is -2.26. The molecular weight excluding hydrogens is 270 g/mol. The van der Waals surface area contributed by atoms with Gasteiger partial charge in [-0.2, -0.15) is 5.10 Å². The summed E-state index contributed by atoms with van der Waals surface area (Å²) in [5.74, 6) is 0.475. The normalized spacial score (nSPS) is 10.7. The summed E-state index contributed by atoms with van der Waals surface area (Å²) in [4.78, 5) is 0. The van der Waals surface area contributed by atoms with Gasteiger partial charge in [-0.25, -0.2) is 0 Å². The second kappa shape index (κ2) is 5.02. The smallest absolute Gasteiger partial charge is 0.153 e. The van der Waals surface area contributed by atoms with E-state index >= 15 is 0 Å². The van der Waals surface area contributed by atoms with Gasteiger partial charge in [0.05, 0.1) is 16.3 Å². The van der Waals surface area contributed by atoms with Crippen LogP contribution in [0.3, 0.4) is 0 Å². The number of aromatic nitrogens is 2. The predicted octanol–water partition coefficient (Wildman–Crippen LogP) is 4.29. The topological polar surface area (TPSA) is 54.7 Å². The van der Waals surface area contributed by atoms with Crippen LogP contribution in [0.2, 0.25) is 5.02 Å². The SMILES string of the molecule is Cc1ccc(-c2[nH]nc(N)c2-c2ccccc2)c(Cl)c1. The maximum absolute atomic E-state index is 6.34. The minimum Gasteiger partial charge on any atom is -0.382 e. The number of nitrogens with zero attached hydrogens (tertiary/aromatic N) is 1. The molecule has 20 heavy (non-hydrogen) atoms. The summed E-state index contributed by atoms with van der Waals surface area (Å²) in [5, 5.41) is 7.80. The van der Waals surface area contributed by atoms with Gasteiger partial charge in [0.15, 0.2) is 5.82 Å². The highest BCUT2D eigenvalue weighted by Crippen LogP contribution is 2.37. The van der Waals surface area contributed by atoms with E-state index in [-0.39, 0.29) is 0 Å². The Morgan fingerprint density at radius 1 is 1.10 bits per heavy atom. The molecule has 1 heterocycles. The molecule has 0 atom stereocenters. The fourth-order valence-corrected chi connectivity index (χ4v) is 2.60. The van der Waals surface area contributed by atoms with E-state index < -0.39 is 0 Å². The highest BCUT2D eigenvalue weighted by molar-refractivity contribution is 6.33. The Labute approximate surface area is 122 Å². The largest absolute Gasteiger partial charge is 0.382 e. The fraction of sp³-hybridized carbons (Fsp3) is 0.0625. The van der Waals surface area contributed by atoms with Crippen LogP contribution >= 0.6 is 11.6 Å². The van der Waals surface area contributed by atoms with Crippen LogP contribution in [0.5, 0.6) is 0 Å². The number of nitrogen functional groups attached to an aromatic ring is 1. The zero-order valence-electron chi connectivity index (χ0n) is 11.0. The molecule has 0 unspecified atom stereocenters. The first-order chi connectivity index (χ1) is 9.66. The van der Waals surface area contributed by atoms with E-state index in [2.05, 4.69) is 10.2 Å². The number of aromatic amines is 1. The van der Waals surface area contributed by atoms with Crippen molar-refractivity contribution in [1.82, 2.24) is 10.2 Å². The Morgan fingerprint density at radius 2 is 1.85 bits per heavy atom. The Balaban J connectivity index is 2.21. The number of anilines is 1. The van der Waals surface area contributed by atoms with Crippen molar-refractivity contribution in [3.63, 3.8) is 0 Å². The molecule has 4 heteroatoms. The third-order valence-corrected chi connectivity index (χ3v) is 3.56. The summed E-state index contributed by atoms with van der Waals surface area (Å²) >= 11 is 6.34. The highest BCUT2D eigenvalue weighted by atomic mass is 35.5. The van der Waals surface area contributed by atoms with Gasteiger partial charge in [0.1, 0.15) is 0 Å². The van der Waals surface area contributed by atoms with Crippen LogP contribution in [0.25, 0.3) is 22.4 Å². The molecule has 100 valence electrons. The van der Waals surface area contributed by atoms with Gasteiger partial charge < -0.3 is 5.73 Å². The van der Waals surface area contributed by atoms with E-state index in [1.54, 1.807) is 0 Å². The van der Waals surface area contributed by atoms with Gasteiger partial charge in [0, 0.05) is 5.56 Å². The molecule has 3 nitrogen and oxygen atoms in total. The number of nitrogens with one attached hydrogen (secondary N) is 1.